The molecule has 0 unspecified atom stereocenters. The zero-order chi connectivity index (χ0) is 21.7. The average molecular weight is 450 g/mol. The number of nitrogens with zero attached hydrogens (tertiary/aromatic N) is 4. The number of pyridine rings is 1. The van der Waals surface area contributed by atoms with E-state index in [2.05, 4.69) is 15.0 Å². The van der Waals surface area contributed by atoms with Crippen LogP contribution in [0.15, 0.2) is 30.5 Å². The number of alkyl halides is 6. The summed E-state index contributed by atoms with van der Waals surface area (Å²) in [4.78, 5) is 14.7. The maximum absolute atomic E-state index is 12.9. The van der Waals surface area contributed by atoms with E-state index in [1.807, 2.05) is 4.90 Å². The molecule has 1 saturated heterocycles. The van der Waals surface area contributed by atoms with Gasteiger partial charge in [0.25, 0.3) is 0 Å². The number of hydrogen-bond acceptors (Lipinski definition) is 4. The number of fused-ring (bicyclic) bond motifs is 1. The molecule has 0 amide bonds. The van der Waals surface area contributed by atoms with Gasteiger partial charge in [-0.25, -0.2) is 9.97 Å². The van der Waals surface area contributed by atoms with Gasteiger partial charge in [-0.1, -0.05) is 11.6 Å². The molecule has 0 atom stereocenters. The fraction of sp³-hybridized carbons (Fsp3) is 0.333. The number of rotatable bonds is 2. The minimum absolute atomic E-state index is 0.0957. The van der Waals surface area contributed by atoms with Crippen molar-refractivity contribution in [3.05, 3.63) is 46.6 Å². The van der Waals surface area contributed by atoms with Crippen LogP contribution in [-0.4, -0.2) is 41.1 Å². The van der Waals surface area contributed by atoms with E-state index in [1.165, 1.54) is 6.07 Å². The molecule has 2 aromatic heterocycles. The number of piperazine rings is 1. The van der Waals surface area contributed by atoms with Crippen LogP contribution < -0.4 is 9.80 Å². The van der Waals surface area contributed by atoms with E-state index < -0.39 is 23.5 Å². The van der Waals surface area contributed by atoms with Gasteiger partial charge in [-0.15, -0.1) is 0 Å². The van der Waals surface area contributed by atoms with Crippen molar-refractivity contribution in [2.45, 2.75) is 12.4 Å². The second-order valence-electron chi connectivity index (χ2n) is 6.79. The molecule has 1 aliphatic rings. The number of hydrogen-bond donors (Lipinski definition) is 1. The topological polar surface area (TPSA) is 48.1 Å². The summed E-state index contributed by atoms with van der Waals surface area (Å²) in [6.45, 7) is 1.68. The van der Waals surface area contributed by atoms with E-state index in [9.17, 15) is 26.3 Å². The quantitative estimate of drug-likeness (QED) is 0.561. The van der Waals surface area contributed by atoms with Crippen molar-refractivity contribution in [1.29, 1.82) is 0 Å². The largest absolute Gasteiger partial charge is 0.417 e. The Hall–Kier alpha value is -2.69. The van der Waals surface area contributed by atoms with Crippen LogP contribution in [-0.2, 0) is 12.4 Å². The van der Waals surface area contributed by atoms with Gasteiger partial charge in [0, 0.05) is 32.4 Å². The molecular weight excluding hydrogens is 436 g/mol. The van der Waals surface area contributed by atoms with Crippen LogP contribution in [0.5, 0.6) is 0 Å². The lowest BCUT2D eigenvalue weighted by atomic mass is 10.2. The molecule has 3 heterocycles. The van der Waals surface area contributed by atoms with Gasteiger partial charge in [0.05, 0.1) is 27.2 Å². The van der Waals surface area contributed by atoms with E-state index in [4.69, 9.17) is 11.6 Å². The van der Waals surface area contributed by atoms with Gasteiger partial charge in [0.15, 0.2) is 0 Å². The third-order valence-electron chi connectivity index (χ3n) is 4.82. The second-order valence-corrected chi connectivity index (χ2v) is 7.20. The van der Waals surface area contributed by atoms with Crippen LogP contribution in [0.2, 0.25) is 5.02 Å². The molecule has 160 valence electrons. The van der Waals surface area contributed by atoms with Crippen LogP contribution >= 0.6 is 11.6 Å². The van der Waals surface area contributed by atoms with Gasteiger partial charge >= 0.3 is 12.4 Å². The van der Waals surface area contributed by atoms with Crippen molar-refractivity contribution in [2.24, 2.45) is 0 Å². The summed E-state index contributed by atoms with van der Waals surface area (Å²) in [6.07, 6.45) is -8.23. The first-order chi connectivity index (χ1) is 14.0. The molecule has 4 rings (SSSR count). The van der Waals surface area contributed by atoms with E-state index in [-0.39, 0.29) is 16.4 Å². The lowest BCUT2D eigenvalue weighted by Gasteiger charge is -2.35. The third kappa shape index (κ3) is 3.98. The smallest absolute Gasteiger partial charge is 0.352 e. The van der Waals surface area contributed by atoms with Gasteiger partial charge in [-0.3, -0.25) is 0 Å². The average Bonchev–Trinajstić information content (AvgIpc) is 3.10. The van der Waals surface area contributed by atoms with Crippen molar-refractivity contribution >= 4 is 34.4 Å². The molecule has 0 spiro atoms. The molecule has 1 aliphatic heterocycles. The Kier molecular flexibility index (Phi) is 4.95. The van der Waals surface area contributed by atoms with Gasteiger partial charge in [-0.05, 0) is 24.3 Å². The summed E-state index contributed by atoms with van der Waals surface area (Å²) in [5.41, 5.74) is -1.00. The number of nitrogens with one attached hydrogen (secondary N) is 1. The van der Waals surface area contributed by atoms with Crippen molar-refractivity contribution in [2.75, 3.05) is 36.0 Å². The summed E-state index contributed by atoms with van der Waals surface area (Å²) in [5.74, 6) is 0.680. The fourth-order valence-electron chi connectivity index (χ4n) is 3.27. The highest BCUT2D eigenvalue weighted by Gasteiger charge is 2.33. The first-order valence-corrected chi connectivity index (χ1v) is 9.20. The van der Waals surface area contributed by atoms with E-state index in [1.54, 1.807) is 4.90 Å². The molecule has 1 N–H and O–H groups in total. The predicted molar refractivity (Wildman–Crippen MR) is 99.8 cm³/mol. The number of H-pyrrole nitrogens is 1. The highest BCUT2D eigenvalue weighted by Crippen LogP contribution is 2.34. The van der Waals surface area contributed by atoms with Crippen molar-refractivity contribution in [3.8, 4) is 0 Å². The third-order valence-corrected chi connectivity index (χ3v) is 5.10. The van der Waals surface area contributed by atoms with Gasteiger partial charge in [0.2, 0.25) is 5.95 Å². The molecule has 0 saturated carbocycles. The maximum atomic E-state index is 12.9. The zero-order valence-corrected chi connectivity index (χ0v) is 15.9. The monoisotopic (exact) mass is 449 g/mol. The zero-order valence-electron chi connectivity index (χ0n) is 15.1. The first-order valence-electron chi connectivity index (χ1n) is 8.82. The molecule has 1 fully saturated rings. The normalized spacial score (nSPS) is 15.8. The lowest BCUT2D eigenvalue weighted by Crippen LogP contribution is -2.47. The molecule has 0 bridgehead atoms. The molecule has 1 aromatic carbocycles. The Balaban J connectivity index is 1.48. The number of anilines is 2. The Morgan fingerprint density at radius 3 is 2.10 bits per heavy atom. The standard InChI is InChI=1S/C18H14ClF6N5/c19-12-7-11(18(23,24)25)9-26-15(12)29-3-5-30(6-4-29)16-27-13-2-1-10(17(20,21)22)8-14(13)28-16/h1-2,7-9H,3-6H2,(H,27,28). The van der Waals surface area contributed by atoms with Crippen LogP contribution in [0.1, 0.15) is 11.1 Å². The number of imidazole rings is 1. The summed E-state index contributed by atoms with van der Waals surface area (Å²) < 4.78 is 76.9. The van der Waals surface area contributed by atoms with Crippen molar-refractivity contribution in [1.82, 2.24) is 15.0 Å². The number of aromatic amines is 1. The Morgan fingerprint density at radius 2 is 1.50 bits per heavy atom. The molecule has 0 radical (unpaired) electrons. The summed E-state index contributed by atoms with van der Waals surface area (Å²) in [6, 6.07) is 4.13. The number of halogens is 7. The number of benzene rings is 1. The van der Waals surface area contributed by atoms with Gasteiger partial charge in [-0.2, -0.15) is 26.3 Å². The van der Waals surface area contributed by atoms with Crippen molar-refractivity contribution in [3.63, 3.8) is 0 Å². The van der Waals surface area contributed by atoms with Crippen LogP contribution in [0.4, 0.5) is 38.1 Å². The Morgan fingerprint density at radius 1 is 0.867 bits per heavy atom. The van der Waals surface area contributed by atoms with E-state index in [0.717, 1.165) is 24.4 Å². The molecule has 0 aliphatic carbocycles. The van der Waals surface area contributed by atoms with E-state index >= 15 is 0 Å². The van der Waals surface area contributed by atoms with E-state index in [0.29, 0.717) is 37.6 Å². The minimum Gasteiger partial charge on any atom is -0.352 e. The lowest BCUT2D eigenvalue weighted by molar-refractivity contribution is -0.138. The molecule has 5 nitrogen and oxygen atoms in total. The highest BCUT2D eigenvalue weighted by atomic mass is 35.5. The number of aromatic nitrogens is 3. The second kappa shape index (κ2) is 7.22. The molecule has 30 heavy (non-hydrogen) atoms. The Labute approximate surface area is 171 Å². The fourth-order valence-corrected chi connectivity index (χ4v) is 3.56. The van der Waals surface area contributed by atoms with Crippen LogP contribution in [0, 0.1) is 0 Å². The van der Waals surface area contributed by atoms with Crippen LogP contribution in [0.3, 0.4) is 0 Å². The minimum atomic E-state index is -4.53. The summed E-state index contributed by atoms with van der Waals surface area (Å²) in [7, 11) is 0. The Bertz CT molecular complexity index is 1070. The SMILES string of the molecule is FC(F)(F)c1cnc(N2CCN(c3nc4ccc(C(F)(F)F)cc4[nH]3)CC2)c(Cl)c1. The van der Waals surface area contributed by atoms with Crippen molar-refractivity contribution < 1.29 is 26.3 Å². The molecule has 12 heteroatoms. The highest BCUT2D eigenvalue weighted by molar-refractivity contribution is 6.33. The van der Waals surface area contributed by atoms with Gasteiger partial charge < -0.3 is 14.8 Å². The predicted octanol–water partition coefficient (Wildman–Crippen LogP) is 4.98. The first kappa shape index (κ1) is 20.6. The van der Waals surface area contributed by atoms with Gasteiger partial charge in [0.1, 0.15) is 5.82 Å². The summed E-state index contributed by atoms with van der Waals surface area (Å²) >= 11 is 6.00. The summed E-state index contributed by atoms with van der Waals surface area (Å²) in [5, 5.41) is -0.0957. The maximum Gasteiger partial charge on any atom is 0.417 e. The van der Waals surface area contributed by atoms with Crippen LogP contribution in [0.25, 0.3) is 11.0 Å². The molecular formula is C18H14ClF6N5. The molecule has 3 aromatic rings.